The third kappa shape index (κ3) is 4.34. The average molecular weight is 320 g/mol. The molecule has 0 spiro atoms. The van der Waals surface area contributed by atoms with E-state index < -0.39 is 0 Å². The second-order valence-electron chi connectivity index (χ2n) is 6.99. The standard InChI is InChI=1S/C18H32N4O/c1-3-20(4-2)10-6-18-15-21(13-16-7-11-23-12-8-16)14-17-5-9-19-22(17)18/h5,9,16,18H,3-4,6-8,10-15H2,1-2H3. The van der Waals surface area contributed by atoms with Crippen LogP contribution in [0.3, 0.4) is 0 Å². The molecule has 1 saturated heterocycles. The van der Waals surface area contributed by atoms with Crippen LogP contribution in [0.5, 0.6) is 0 Å². The predicted octanol–water partition coefficient (Wildman–Crippen LogP) is 2.40. The molecule has 5 heteroatoms. The molecule has 5 nitrogen and oxygen atoms in total. The van der Waals surface area contributed by atoms with Crippen LogP contribution in [0.25, 0.3) is 0 Å². The van der Waals surface area contributed by atoms with Gasteiger partial charge in [0.1, 0.15) is 0 Å². The number of ether oxygens (including phenoxy) is 1. The summed E-state index contributed by atoms with van der Waals surface area (Å²) in [5.74, 6) is 0.807. The van der Waals surface area contributed by atoms with Gasteiger partial charge in [-0.25, -0.2) is 0 Å². The molecular weight excluding hydrogens is 288 g/mol. The van der Waals surface area contributed by atoms with Gasteiger partial charge in [0.05, 0.1) is 11.7 Å². The van der Waals surface area contributed by atoms with E-state index in [1.54, 1.807) is 0 Å². The zero-order valence-corrected chi connectivity index (χ0v) is 14.8. The fourth-order valence-electron chi connectivity index (χ4n) is 3.98. The van der Waals surface area contributed by atoms with Crippen molar-refractivity contribution in [3.63, 3.8) is 0 Å². The first-order valence-electron chi connectivity index (χ1n) is 9.35. The van der Waals surface area contributed by atoms with Crippen molar-refractivity contribution in [3.05, 3.63) is 18.0 Å². The van der Waals surface area contributed by atoms with Crippen molar-refractivity contribution in [2.45, 2.75) is 45.7 Å². The molecule has 1 unspecified atom stereocenters. The number of rotatable bonds is 7. The van der Waals surface area contributed by atoms with E-state index in [0.717, 1.165) is 45.3 Å². The molecule has 1 atom stereocenters. The van der Waals surface area contributed by atoms with E-state index >= 15 is 0 Å². The fourth-order valence-corrected chi connectivity index (χ4v) is 3.98. The highest BCUT2D eigenvalue weighted by Gasteiger charge is 2.27. The van der Waals surface area contributed by atoms with E-state index in [9.17, 15) is 0 Å². The van der Waals surface area contributed by atoms with Crippen LogP contribution < -0.4 is 0 Å². The summed E-state index contributed by atoms with van der Waals surface area (Å²) in [5, 5.41) is 4.60. The van der Waals surface area contributed by atoms with E-state index in [2.05, 4.69) is 39.5 Å². The predicted molar refractivity (Wildman–Crippen MR) is 92.5 cm³/mol. The highest BCUT2D eigenvalue weighted by Crippen LogP contribution is 2.26. The van der Waals surface area contributed by atoms with Gasteiger partial charge in [-0.05, 0) is 44.3 Å². The van der Waals surface area contributed by atoms with Crippen LogP contribution >= 0.6 is 0 Å². The Bertz CT molecular complexity index is 465. The Morgan fingerprint density at radius 2 is 2.04 bits per heavy atom. The van der Waals surface area contributed by atoms with Crippen LogP contribution in [0.2, 0.25) is 0 Å². The minimum absolute atomic E-state index is 0.522. The smallest absolute Gasteiger partial charge is 0.0662 e. The zero-order valence-electron chi connectivity index (χ0n) is 14.8. The molecule has 0 saturated carbocycles. The molecule has 23 heavy (non-hydrogen) atoms. The molecule has 2 aliphatic heterocycles. The summed E-state index contributed by atoms with van der Waals surface area (Å²) in [6, 6.07) is 2.72. The Balaban J connectivity index is 1.60. The second-order valence-corrected chi connectivity index (χ2v) is 6.99. The summed E-state index contributed by atoms with van der Waals surface area (Å²) in [6.07, 6.45) is 5.61. The van der Waals surface area contributed by atoms with Gasteiger partial charge in [0, 0.05) is 45.6 Å². The highest BCUT2D eigenvalue weighted by molar-refractivity contribution is 5.05. The Morgan fingerprint density at radius 1 is 1.26 bits per heavy atom. The maximum Gasteiger partial charge on any atom is 0.0662 e. The number of aromatic nitrogens is 2. The first-order valence-corrected chi connectivity index (χ1v) is 9.35. The molecule has 0 radical (unpaired) electrons. The van der Waals surface area contributed by atoms with Crippen molar-refractivity contribution in [2.75, 3.05) is 45.9 Å². The Labute approximate surface area is 140 Å². The summed E-state index contributed by atoms with van der Waals surface area (Å²) >= 11 is 0. The van der Waals surface area contributed by atoms with Gasteiger partial charge in [-0.2, -0.15) is 5.10 Å². The van der Waals surface area contributed by atoms with Crippen LogP contribution in [0.15, 0.2) is 12.3 Å². The molecule has 0 N–H and O–H groups in total. The molecule has 3 heterocycles. The maximum atomic E-state index is 5.51. The molecule has 130 valence electrons. The maximum absolute atomic E-state index is 5.51. The van der Waals surface area contributed by atoms with Crippen molar-refractivity contribution in [2.24, 2.45) is 5.92 Å². The molecule has 0 aromatic carbocycles. The van der Waals surface area contributed by atoms with Crippen molar-refractivity contribution >= 4 is 0 Å². The van der Waals surface area contributed by atoms with Crippen LogP contribution in [0.4, 0.5) is 0 Å². The summed E-state index contributed by atoms with van der Waals surface area (Å²) in [4.78, 5) is 5.17. The zero-order chi connectivity index (χ0) is 16.1. The lowest BCUT2D eigenvalue weighted by atomic mass is 9.98. The van der Waals surface area contributed by atoms with Gasteiger partial charge in [-0.3, -0.25) is 9.58 Å². The largest absolute Gasteiger partial charge is 0.381 e. The Kier molecular flexibility index (Phi) is 6.08. The van der Waals surface area contributed by atoms with Gasteiger partial charge in [0.25, 0.3) is 0 Å². The van der Waals surface area contributed by atoms with Crippen LogP contribution in [0, 0.1) is 5.92 Å². The third-order valence-corrected chi connectivity index (χ3v) is 5.48. The van der Waals surface area contributed by atoms with E-state index in [-0.39, 0.29) is 0 Å². The molecule has 1 aromatic heterocycles. The molecule has 0 amide bonds. The van der Waals surface area contributed by atoms with Gasteiger partial charge >= 0.3 is 0 Å². The van der Waals surface area contributed by atoms with E-state index in [1.165, 1.54) is 38.0 Å². The van der Waals surface area contributed by atoms with Gasteiger partial charge in [-0.15, -0.1) is 0 Å². The minimum Gasteiger partial charge on any atom is -0.381 e. The molecule has 1 fully saturated rings. The lowest BCUT2D eigenvalue weighted by Gasteiger charge is -2.37. The normalized spacial score (nSPS) is 23.3. The summed E-state index contributed by atoms with van der Waals surface area (Å²) in [6.45, 7) is 13.3. The minimum atomic E-state index is 0.522. The number of hydrogen-bond acceptors (Lipinski definition) is 4. The monoisotopic (exact) mass is 320 g/mol. The van der Waals surface area contributed by atoms with Gasteiger partial charge < -0.3 is 9.64 Å². The molecule has 0 bridgehead atoms. The summed E-state index contributed by atoms with van der Waals surface area (Å²) in [5.41, 5.74) is 1.38. The number of fused-ring (bicyclic) bond motifs is 1. The molecule has 0 aliphatic carbocycles. The van der Waals surface area contributed by atoms with Crippen molar-refractivity contribution < 1.29 is 4.74 Å². The van der Waals surface area contributed by atoms with Crippen molar-refractivity contribution in [1.29, 1.82) is 0 Å². The average Bonchev–Trinajstić information content (AvgIpc) is 3.05. The lowest BCUT2D eigenvalue weighted by molar-refractivity contribution is 0.0438. The van der Waals surface area contributed by atoms with Crippen molar-refractivity contribution in [3.8, 4) is 0 Å². The van der Waals surface area contributed by atoms with Crippen LogP contribution in [-0.4, -0.2) is 65.5 Å². The molecule has 3 rings (SSSR count). The number of hydrogen-bond donors (Lipinski definition) is 0. The Hall–Kier alpha value is -0.910. The second kappa shape index (κ2) is 8.27. The first kappa shape index (κ1) is 16.9. The van der Waals surface area contributed by atoms with Crippen LogP contribution in [0.1, 0.15) is 44.8 Å². The van der Waals surface area contributed by atoms with Gasteiger partial charge in [0.15, 0.2) is 0 Å². The van der Waals surface area contributed by atoms with E-state index in [4.69, 9.17) is 4.74 Å². The summed E-state index contributed by atoms with van der Waals surface area (Å²) < 4.78 is 7.79. The molecule has 1 aromatic rings. The SMILES string of the molecule is CCN(CC)CCC1CN(CC2CCOCC2)Cc2ccnn21. The van der Waals surface area contributed by atoms with Gasteiger partial charge in [0.2, 0.25) is 0 Å². The molecule has 2 aliphatic rings. The molecular formula is C18H32N4O. The first-order chi connectivity index (χ1) is 11.3. The van der Waals surface area contributed by atoms with Crippen molar-refractivity contribution in [1.82, 2.24) is 19.6 Å². The fraction of sp³-hybridized carbons (Fsp3) is 0.833. The highest BCUT2D eigenvalue weighted by atomic mass is 16.5. The quantitative estimate of drug-likeness (QED) is 0.772. The van der Waals surface area contributed by atoms with E-state index in [0.29, 0.717) is 6.04 Å². The Morgan fingerprint density at radius 3 is 2.78 bits per heavy atom. The lowest BCUT2D eigenvalue weighted by Crippen LogP contribution is -2.42. The topological polar surface area (TPSA) is 33.5 Å². The summed E-state index contributed by atoms with van der Waals surface area (Å²) in [7, 11) is 0. The van der Waals surface area contributed by atoms with Crippen LogP contribution in [-0.2, 0) is 11.3 Å². The van der Waals surface area contributed by atoms with Gasteiger partial charge in [-0.1, -0.05) is 13.8 Å². The number of nitrogens with zero attached hydrogens (tertiary/aromatic N) is 4. The van der Waals surface area contributed by atoms with E-state index in [1.807, 2.05) is 6.20 Å². The third-order valence-electron chi connectivity index (χ3n) is 5.48.